The zero-order valence-electron chi connectivity index (χ0n) is 18.4. The van der Waals surface area contributed by atoms with Crippen molar-refractivity contribution in [3.63, 3.8) is 0 Å². The molecule has 0 aliphatic carbocycles. The summed E-state index contributed by atoms with van der Waals surface area (Å²) in [6.45, 7) is 2.21. The van der Waals surface area contributed by atoms with Crippen molar-refractivity contribution in [1.82, 2.24) is 0 Å². The van der Waals surface area contributed by atoms with Crippen molar-refractivity contribution in [3.05, 3.63) is 114 Å². The van der Waals surface area contributed by atoms with Crippen LogP contribution in [-0.2, 0) is 24.6 Å². The molecule has 0 radical (unpaired) electrons. The number of benzene rings is 4. The fourth-order valence-electron chi connectivity index (χ4n) is 3.83. The number of ether oxygens (including phenoxy) is 1. The van der Waals surface area contributed by atoms with Gasteiger partial charge >= 0.3 is 204 Å². The van der Waals surface area contributed by atoms with Gasteiger partial charge in [0, 0.05) is 0 Å². The van der Waals surface area contributed by atoms with Crippen LogP contribution >= 0.6 is 4.73 Å². The first-order valence-electron chi connectivity index (χ1n) is 11.1. The van der Waals surface area contributed by atoms with Crippen LogP contribution < -0.4 is 4.74 Å². The van der Waals surface area contributed by atoms with Crippen molar-refractivity contribution in [3.8, 4) is 5.75 Å². The maximum absolute atomic E-state index is 6.43. The number of hydrogen-bond donors (Lipinski definition) is 0. The molecule has 0 aromatic heterocycles. The van der Waals surface area contributed by atoms with Crippen LogP contribution in [0.15, 0.2) is 103 Å². The second-order valence-corrected chi connectivity index (χ2v) is 21.5. The predicted molar refractivity (Wildman–Crippen MR) is 144 cm³/mol. The molecule has 4 aromatic rings. The minimum atomic E-state index is -1.52. The number of fused-ring (bicyclic) bond motifs is 1. The molecule has 0 aliphatic heterocycles. The van der Waals surface area contributed by atoms with Gasteiger partial charge in [-0.2, -0.15) is 0 Å². The van der Waals surface area contributed by atoms with E-state index in [4.69, 9.17) is 16.5 Å². The van der Waals surface area contributed by atoms with E-state index in [9.17, 15) is 0 Å². The van der Waals surface area contributed by atoms with Gasteiger partial charge in [0.05, 0.1) is 0 Å². The topological polar surface area (TPSA) is 9.23 Å². The molecule has 164 valence electrons. The van der Waals surface area contributed by atoms with Crippen molar-refractivity contribution in [2.75, 3.05) is 12.3 Å². The van der Waals surface area contributed by atoms with Crippen LogP contribution in [0.5, 0.6) is 5.75 Å². The van der Waals surface area contributed by atoms with E-state index >= 15 is 0 Å². The van der Waals surface area contributed by atoms with Gasteiger partial charge in [-0.3, -0.25) is 0 Å². The molecule has 0 fully saturated rings. The van der Waals surface area contributed by atoms with E-state index in [0.717, 1.165) is 30.9 Å². The molecule has 0 amide bonds. The molecule has 0 heterocycles. The molecular weight excluding hydrogens is 494 g/mol. The molecular formula is C28H29OPSSe. The summed E-state index contributed by atoms with van der Waals surface area (Å²) in [6.07, 6.45) is 4.36. The summed E-state index contributed by atoms with van der Waals surface area (Å²) in [5.41, 5.74) is 2.78. The van der Waals surface area contributed by atoms with E-state index in [0.29, 0.717) is 0 Å². The van der Waals surface area contributed by atoms with Gasteiger partial charge in [-0.15, -0.1) is 0 Å². The Morgan fingerprint density at radius 2 is 1.25 bits per heavy atom. The molecule has 0 N–H and O–H groups in total. The van der Waals surface area contributed by atoms with E-state index < -0.39 is 4.73 Å². The van der Waals surface area contributed by atoms with E-state index in [2.05, 4.69) is 110 Å². The summed E-state index contributed by atoms with van der Waals surface area (Å²) in [7, 11) is 0. The Hall–Kier alpha value is -1.89. The molecule has 1 nitrogen and oxygen atoms in total. The molecule has 0 bridgehead atoms. The Kier molecular flexibility index (Phi) is 8.22. The van der Waals surface area contributed by atoms with Crippen LogP contribution in [0.1, 0.15) is 18.1 Å². The Balaban J connectivity index is 1.45. The third-order valence-electron chi connectivity index (χ3n) is 5.53. The summed E-state index contributed by atoms with van der Waals surface area (Å²) in [5, 5.41) is 2.63. The van der Waals surface area contributed by atoms with Crippen LogP contribution in [0.4, 0.5) is 0 Å². The maximum atomic E-state index is 6.43. The van der Waals surface area contributed by atoms with E-state index in [1.54, 1.807) is 0 Å². The molecule has 32 heavy (non-hydrogen) atoms. The number of rotatable bonds is 10. The second kappa shape index (κ2) is 11.3. The number of aryl methyl sites for hydroxylation is 2. The zero-order valence-corrected chi connectivity index (χ0v) is 21.8. The summed E-state index contributed by atoms with van der Waals surface area (Å²) in [4.78, 5) is 0. The van der Waals surface area contributed by atoms with Gasteiger partial charge in [-0.1, -0.05) is 0 Å². The van der Waals surface area contributed by atoms with Gasteiger partial charge in [0.2, 0.25) is 0 Å². The summed E-state index contributed by atoms with van der Waals surface area (Å²) in [6, 6.07) is 36.4. The molecule has 4 heteroatoms. The molecule has 0 saturated carbocycles. The molecule has 4 rings (SSSR count). The van der Waals surface area contributed by atoms with E-state index in [-0.39, 0.29) is 19.5 Å². The third kappa shape index (κ3) is 6.80. The molecule has 0 spiro atoms. The van der Waals surface area contributed by atoms with Crippen molar-refractivity contribution in [2.24, 2.45) is 0 Å². The fraction of sp³-hybridized carbons (Fsp3) is 0.214. The first-order valence-corrected chi connectivity index (χ1v) is 17.5. The normalized spacial score (nSPS) is 12.5. The standard InChI is InChI=1S/C28H29OPSSe/c1-23(29-28-17-16-26-14-8-9-15-27(26)22-28)32-30(31,20-18-24-10-4-2-5-11-24)21-19-25-12-6-3-7-13-25/h2-17,22-23H,18-21H2,1H3. The Labute approximate surface area is 203 Å². The van der Waals surface area contributed by atoms with Crippen molar-refractivity contribution in [2.45, 2.75) is 24.8 Å². The quantitative estimate of drug-likeness (QED) is 0.161. The van der Waals surface area contributed by atoms with Gasteiger partial charge in [0.25, 0.3) is 0 Å². The Morgan fingerprint density at radius 3 is 1.84 bits per heavy atom. The third-order valence-corrected chi connectivity index (χ3v) is 17.2. The van der Waals surface area contributed by atoms with Gasteiger partial charge in [-0.25, -0.2) is 0 Å². The number of hydrogen-bond acceptors (Lipinski definition) is 2. The van der Waals surface area contributed by atoms with Gasteiger partial charge in [0.15, 0.2) is 0 Å². The summed E-state index contributed by atoms with van der Waals surface area (Å²) >= 11 is 6.70. The van der Waals surface area contributed by atoms with E-state index in [1.165, 1.54) is 21.9 Å². The second-order valence-electron chi connectivity index (χ2n) is 8.03. The van der Waals surface area contributed by atoms with Gasteiger partial charge in [0.1, 0.15) is 0 Å². The zero-order chi connectivity index (χ0) is 22.2. The van der Waals surface area contributed by atoms with E-state index in [1.807, 2.05) is 0 Å². The fourth-order valence-corrected chi connectivity index (χ4v) is 14.9. The van der Waals surface area contributed by atoms with Crippen molar-refractivity contribution >= 4 is 41.8 Å². The summed E-state index contributed by atoms with van der Waals surface area (Å²) < 4.78 is 4.89. The van der Waals surface area contributed by atoms with Crippen molar-refractivity contribution < 1.29 is 4.74 Å². The molecule has 4 aromatic carbocycles. The average Bonchev–Trinajstić information content (AvgIpc) is 2.83. The summed E-state index contributed by atoms with van der Waals surface area (Å²) in [5.74, 6) is 0.950. The van der Waals surface area contributed by atoms with Crippen LogP contribution in [-0.4, -0.2) is 31.8 Å². The Bertz CT molecular complexity index is 1130. The molecule has 0 saturated heterocycles. The van der Waals surface area contributed by atoms with Crippen LogP contribution in [0.2, 0.25) is 0 Å². The monoisotopic (exact) mass is 524 g/mol. The Morgan fingerprint density at radius 1 is 0.719 bits per heavy atom. The minimum absolute atomic E-state index is 0.168. The molecule has 0 aliphatic rings. The first-order chi connectivity index (χ1) is 15.6. The predicted octanol–water partition coefficient (Wildman–Crippen LogP) is 7.15. The van der Waals surface area contributed by atoms with Crippen LogP contribution in [0.3, 0.4) is 0 Å². The van der Waals surface area contributed by atoms with Gasteiger partial charge in [-0.05, 0) is 0 Å². The van der Waals surface area contributed by atoms with Gasteiger partial charge < -0.3 is 0 Å². The SMILES string of the molecule is CC(Oc1ccc2ccccc2c1)[Se]P(=S)(CCc1ccccc1)CCc1ccccc1. The first kappa shape index (κ1) is 23.3. The van der Waals surface area contributed by atoms with Crippen LogP contribution in [0, 0.1) is 0 Å². The molecule has 1 atom stereocenters. The van der Waals surface area contributed by atoms with Crippen LogP contribution in [0.25, 0.3) is 10.8 Å². The van der Waals surface area contributed by atoms with Crippen molar-refractivity contribution in [1.29, 1.82) is 0 Å². The average molecular weight is 524 g/mol. The molecule has 1 unspecified atom stereocenters.